The van der Waals surface area contributed by atoms with Crippen molar-refractivity contribution in [3.05, 3.63) is 0 Å². The first kappa shape index (κ1) is 14.4. The first-order valence-electron chi connectivity index (χ1n) is 6.05. The summed E-state index contributed by atoms with van der Waals surface area (Å²) in [5.41, 5.74) is 0.245. The molecule has 0 amide bonds. The lowest BCUT2D eigenvalue weighted by Gasteiger charge is -2.40. The van der Waals surface area contributed by atoms with Crippen LogP contribution in [0.15, 0.2) is 0 Å². The van der Waals surface area contributed by atoms with Crippen molar-refractivity contribution in [2.75, 3.05) is 18.8 Å². The van der Waals surface area contributed by atoms with E-state index in [9.17, 15) is 13.2 Å². The molecule has 1 heterocycles. The second-order valence-electron chi connectivity index (χ2n) is 4.76. The Morgan fingerprint density at radius 1 is 1.24 bits per heavy atom. The SMILES string of the molecule is CCC1(CC)CCN(S(=O)(=O)CC(=O)O)CC1. The molecule has 0 bridgehead atoms. The smallest absolute Gasteiger partial charge is 0.320 e. The van der Waals surface area contributed by atoms with Crippen LogP contribution < -0.4 is 0 Å². The molecule has 0 saturated carbocycles. The molecule has 1 N–H and O–H groups in total. The van der Waals surface area contributed by atoms with Crippen LogP contribution in [0, 0.1) is 5.41 Å². The summed E-state index contributed by atoms with van der Waals surface area (Å²) in [6.07, 6.45) is 3.77. The number of piperidine rings is 1. The van der Waals surface area contributed by atoms with Crippen molar-refractivity contribution in [1.29, 1.82) is 0 Å². The zero-order chi connectivity index (χ0) is 13.1. The summed E-state index contributed by atoms with van der Waals surface area (Å²) in [5.74, 6) is -2.08. The third-order valence-electron chi connectivity index (χ3n) is 3.98. The molecule has 1 rings (SSSR count). The highest BCUT2D eigenvalue weighted by Crippen LogP contribution is 2.38. The minimum Gasteiger partial charge on any atom is -0.480 e. The van der Waals surface area contributed by atoms with Gasteiger partial charge in [0.05, 0.1) is 0 Å². The summed E-state index contributed by atoms with van der Waals surface area (Å²) in [4.78, 5) is 10.5. The molecule has 0 unspecified atom stereocenters. The third-order valence-corrected chi connectivity index (χ3v) is 5.75. The topological polar surface area (TPSA) is 74.7 Å². The van der Waals surface area contributed by atoms with Crippen LogP contribution in [0.25, 0.3) is 0 Å². The molecule has 1 aliphatic heterocycles. The average Bonchev–Trinajstić information content (AvgIpc) is 2.27. The van der Waals surface area contributed by atoms with Crippen LogP contribution in [0.3, 0.4) is 0 Å². The van der Waals surface area contributed by atoms with Crippen LogP contribution >= 0.6 is 0 Å². The molecule has 1 saturated heterocycles. The lowest BCUT2D eigenvalue weighted by atomic mass is 9.75. The largest absolute Gasteiger partial charge is 0.480 e. The van der Waals surface area contributed by atoms with Crippen molar-refractivity contribution in [2.45, 2.75) is 39.5 Å². The molecule has 1 aliphatic rings. The van der Waals surface area contributed by atoms with Gasteiger partial charge < -0.3 is 5.11 Å². The molecule has 100 valence electrons. The highest BCUT2D eigenvalue weighted by atomic mass is 32.2. The van der Waals surface area contributed by atoms with E-state index < -0.39 is 21.7 Å². The van der Waals surface area contributed by atoms with Crippen LogP contribution in [0.5, 0.6) is 0 Å². The van der Waals surface area contributed by atoms with Crippen molar-refractivity contribution in [3.8, 4) is 0 Å². The minimum atomic E-state index is -3.62. The zero-order valence-electron chi connectivity index (χ0n) is 10.5. The van der Waals surface area contributed by atoms with Gasteiger partial charge in [0.2, 0.25) is 10.0 Å². The van der Waals surface area contributed by atoms with Gasteiger partial charge in [-0.2, -0.15) is 0 Å². The van der Waals surface area contributed by atoms with Gasteiger partial charge in [-0.3, -0.25) is 4.79 Å². The number of carbonyl (C=O) groups is 1. The Hall–Kier alpha value is -0.620. The molecule has 0 radical (unpaired) electrons. The van der Waals surface area contributed by atoms with E-state index in [1.807, 2.05) is 0 Å². The van der Waals surface area contributed by atoms with Crippen LogP contribution in [0.2, 0.25) is 0 Å². The summed E-state index contributed by atoms with van der Waals surface area (Å²) in [5, 5.41) is 8.57. The first-order valence-corrected chi connectivity index (χ1v) is 7.66. The first-order chi connectivity index (χ1) is 7.85. The Bertz CT molecular complexity index is 363. The number of hydrogen-bond acceptors (Lipinski definition) is 3. The monoisotopic (exact) mass is 263 g/mol. The predicted octanol–water partition coefficient (Wildman–Crippen LogP) is 1.30. The van der Waals surface area contributed by atoms with Crippen molar-refractivity contribution < 1.29 is 18.3 Å². The molecule has 17 heavy (non-hydrogen) atoms. The molecule has 0 atom stereocenters. The summed E-state index contributed by atoms with van der Waals surface area (Å²) in [7, 11) is -3.62. The normalized spacial score (nSPS) is 21.3. The van der Waals surface area contributed by atoms with Crippen molar-refractivity contribution in [2.24, 2.45) is 5.41 Å². The summed E-state index contributed by atoms with van der Waals surface area (Å²) < 4.78 is 24.8. The van der Waals surface area contributed by atoms with E-state index in [4.69, 9.17) is 5.11 Å². The van der Waals surface area contributed by atoms with E-state index in [2.05, 4.69) is 13.8 Å². The highest BCUT2D eigenvalue weighted by molar-refractivity contribution is 7.89. The van der Waals surface area contributed by atoms with Gasteiger partial charge in [0.1, 0.15) is 0 Å². The number of carboxylic acid groups (broad SMARTS) is 1. The van der Waals surface area contributed by atoms with Crippen molar-refractivity contribution >= 4 is 16.0 Å². The van der Waals surface area contributed by atoms with Crippen LogP contribution in [0.4, 0.5) is 0 Å². The van der Waals surface area contributed by atoms with Gasteiger partial charge in [0, 0.05) is 13.1 Å². The molecule has 0 aromatic heterocycles. The van der Waals surface area contributed by atoms with Crippen LogP contribution in [-0.4, -0.2) is 42.6 Å². The number of nitrogens with zero attached hydrogens (tertiary/aromatic N) is 1. The van der Waals surface area contributed by atoms with E-state index in [0.717, 1.165) is 25.7 Å². The Kier molecular flexibility index (Phi) is 4.55. The summed E-state index contributed by atoms with van der Waals surface area (Å²) >= 11 is 0. The van der Waals surface area contributed by atoms with Gasteiger partial charge in [0.15, 0.2) is 5.75 Å². The molecule has 0 aliphatic carbocycles. The van der Waals surface area contributed by atoms with Crippen LogP contribution in [0.1, 0.15) is 39.5 Å². The second kappa shape index (κ2) is 5.35. The van der Waals surface area contributed by atoms with Gasteiger partial charge in [0.25, 0.3) is 0 Å². The fourth-order valence-electron chi connectivity index (χ4n) is 2.44. The van der Waals surface area contributed by atoms with Gasteiger partial charge in [-0.25, -0.2) is 12.7 Å². The second-order valence-corrected chi connectivity index (χ2v) is 6.73. The number of hydrogen-bond donors (Lipinski definition) is 1. The van der Waals surface area contributed by atoms with Crippen LogP contribution in [-0.2, 0) is 14.8 Å². The Balaban J connectivity index is 2.66. The average molecular weight is 263 g/mol. The van der Waals surface area contributed by atoms with Gasteiger partial charge >= 0.3 is 5.97 Å². The molecule has 0 spiro atoms. The van der Waals surface area contributed by atoms with E-state index in [1.165, 1.54) is 4.31 Å². The molecular formula is C11H21NO4S. The van der Waals surface area contributed by atoms with E-state index >= 15 is 0 Å². The minimum absolute atomic E-state index is 0.245. The molecule has 1 fully saturated rings. The Morgan fingerprint density at radius 3 is 2.06 bits per heavy atom. The van der Waals surface area contributed by atoms with E-state index in [0.29, 0.717) is 13.1 Å². The van der Waals surface area contributed by atoms with Gasteiger partial charge in [-0.05, 0) is 18.3 Å². The zero-order valence-corrected chi connectivity index (χ0v) is 11.3. The molecular weight excluding hydrogens is 242 g/mol. The number of carboxylic acids is 1. The maximum atomic E-state index is 11.7. The molecule has 0 aromatic rings. The maximum absolute atomic E-state index is 11.7. The lowest BCUT2D eigenvalue weighted by molar-refractivity contribution is -0.134. The van der Waals surface area contributed by atoms with E-state index in [-0.39, 0.29) is 5.41 Å². The standard InChI is InChI=1S/C11H21NO4S/c1-3-11(4-2)5-7-12(8-6-11)17(15,16)9-10(13)14/h3-9H2,1-2H3,(H,13,14). The van der Waals surface area contributed by atoms with E-state index in [1.54, 1.807) is 0 Å². The molecule has 5 nitrogen and oxygen atoms in total. The third kappa shape index (κ3) is 3.42. The van der Waals surface area contributed by atoms with Gasteiger partial charge in [-0.1, -0.05) is 26.7 Å². The lowest BCUT2D eigenvalue weighted by Crippen LogP contribution is -2.44. The number of sulfonamides is 1. The predicted molar refractivity (Wildman–Crippen MR) is 65.2 cm³/mol. The Labute approximate surface area is 103 Å². The van der Waals surface area contributed by atoms with Gasteiger partial charge in [-0.15, -0.1) is 0 Å². The fraction of sp³-hybridized carbons (Fsp3) is 0.909. The summed E-state index contributed by atoms with van der Waals surface area (Å²) in [6, 6.07) is 0. The quantitative estimate of drug-likeness (QED) is 0.811. The summed E-state index contributed by atoms with van der Waals surface area (Å²) in [6.45, 7) is 5.17. The maximum Gasteiger partial charge on any atom is 0.320 e. The molecule has 0 aromatic carbocycles. The van der Waals surface area contributed by atoms with Crippen molar-refractivity contribution in [1.82, 2.24) is 4.31 Å². The highest BCUT2D eigenvalue weighted by Gasteiger charge is 2.36. The fourth-order valence-corrected chi connectivity index (χ4v) is 3.68. The number of rotatable bonds is 5. The van der Waals surface area contributed by atoms with Crippen molar-refractivity contribution in [3.63, 3.8) is 0 Å². The number of aliphatic carboxylic acids is 1. The molecule has 6 heteroatoms. The Morgan fingerprint density at radius 2 is 1.71 bits per heavy atom.